The van der Waals surface area contributed by atoms with Crippen molar-refractivity contribution in [2.45, 2.75) is 26.1 Å². The summed E-state index contributed by atoms with van der Waals surface area (Å²) < 4.78 is 19.5. The Labute approximate surface area is 112 Å². The molecule has 2 unspecified atom stereocenters. The molecular formula is C13H17FN2OS. The van der Waals surface area contributed by atoms with Crippen molar-refractivity contribution < 1.29 is 9.13 Å². The van der Waals surface area contributed by atoms with Crippen LogP contribution < -0.4 is 10.6 Å². The molecule has 2 atom stereocenters. The fraction of sp³-hybridized carbons (Fsp3) is 0.462. The van der Waals surface area contributed by atoms with E-state index in [1.807, 2.05) is 19.9 Å². The Morgan fingerprint density at radius 2 is 2.00 bits per heavy atom. The molecule has 18 heavy (non-hydrogen) atoms. The molecule has 0 aliphatic carbocycles. The lowest BCUT2D eigenvalue weighted by atomic mass is 10.1. The highest BCUT2D eigenvalue weighted by Gasteiger charge is 2.25. The van der Waals surface area contributed by atoms with Gasteiger partial charge in [0.2, 0.25) is 0 Å². The predicted octanol–water partition coefficient (Wildman–Crippen LogP) is 2.07. The molecule has 0 aromatic heterocycles. The Kier molecular flexibility index (Phi) is 3.82. The second-order valence-electron chi connectivity index (χ2n) is 4.66. The highest BCUT2D eigenvalue weighted by Crippen LogP contribution is 2.26. The van der Waals surface area contributed by atoms with Gasteiger partial charge in [-0.25, -0.2) is 4.39 Å². The number of ether oxygens (including phenoxy) is 1. The molecule has 2 rings (SSSR count). The first-order valence-corrected chi connectivity index (χ1v) is 6.38. The van der Waals surface area contributed by atoms with Crippen molar-refractivity contribution >= 4 is 22.9 Å². The van der Waals surface area contributed by atoms with Crippen molar-refractivity contribution in [3.8, 4) is 0 Å². The standard InChI is InChI=1S/C13H17FN2OS/c1-8-6-16(7-9(2)17-8)11-5-3-4-10(14)12(11)13(15)18/h3-5,8-9H,6-7H2,1-2H3,(H2,15,18). The highest BCUT2D eigenvalue weighted by molar-refractivity contribution is 7.80. The predicted molar refractivity (Wildman–Crippen MR) is 74.5 cm³/mol. The van der Waals surface area contributed by atoms with Gasteiger partial charge in [0.05, 0.1) is 23.5 Å². The molecule has 1 saturated heterocycles. The second kappa shape index (κ2) is 5.20. The Balaban J connectivity index is 2.38. The van der Waals surface area contributed by atoms with Gasteiger partial charge in [0.1, 0.15) is 10.8 Å². The molecule has 1 fully saturated rings. The molecule has 1 aromatic rings. The number of nitrogens with zero attached hydrogens (tertiary/aromatic N) is 1. The van der Waals surface area contributed by atoms with Crippen LogP contribution in [0.15, 0.2) is 18.2 Å². The van der Waals surface area contributed by atoms with Crippen LogP contribution in [0.4, 0.5) is 10.1 Å². The summed E-state index contributed by atoms with van der Waals surface area (Å²) in [6.07, 6.45) is 0.215. The molecular weight excluding hydrogens is 251 g/mol. The van der Waals surface area contributed by atoms with Crippen molar-refractivity contribution in [3.05, 3.63) is 29.6 Å². The Morgan fingerprint density at radius 1 is 1.39 bits per heavy atom. The van der Waals surface area contributed by atoms with Crippen LogP contribution in [0.25, 0.3) is 0 Å². The number of morpholine rings is 1. The van der Waals surface area contributed by atoms with E-state index in [0.29, 0.717) is 18.7 Å². The van der Waals surface area contributed by atoms with Crippen LogP contribution in [0.2, 0.25) is 0 Å². The van der Waals surface area contributed by atoms with E-state index in [4.69, 9.17) is 22.7 Å². The third-order valence-electron chi connectivity index (χ3n) is 3.00. The van der Waals surface area contributed by atoms with Crippen molar-refractivity contribution in [2.75, 3.05) is 18.0 Å². The van der Waals surface area contributed by atoms with Crippen LogP contribution >= 0.6 is 12.2 Å². The largest absolute Gasteiger partial charge is 0.389 e. The molecule has 0 bridgehead atoms. The van der Waals surface area contributed by atoms with E-state index in [2.05, 4.69) is 4.90 Å². The van der Waals surface area contributed by atoms with Crippen LogP contribution in [0.3, 0.4) is 0 Å². The number of hydrogen-bond donors (Lipinski definition) is 1. The van der Waals surface area contributed by atoms with Crippen LogP contribution in [-0.2, 0) is 4.74 Å². The normalized spacial score (nSPS) is 24.1. The van der Waals surface area contributed by atoms with Crippen molar-refractivity contribution in [2.24, 2.45) is 5.73 Å². The Morgan fingerprint density at radius 3 is 2.56 bits per heavy atom. The lowest BCUT2D eigenvalue weighted by Crippen LogP contribution is -2.46. The summed E-state index contributed by atoms with van der Waals surface area (Å²) in [5.74, 6) is -0.369. The summed E-state index contributed by atoms with van der Waals surface area (Å²) in [5, 5.41) is 0. The van der Waals surface area contributed by atoms with Crippen LogP contribution in [0.1, 0.15) is 19.4 Å². The third kappa shape index (κ3) is 2.62. The maximum atomic E-state index is 13.8. The van der Waals surface area contributed by atoms with Gasteiger partial charge in [0.25, 0.3) is 0 Å². The van der Waals surface area contributed by atoms with E-state index < -0.39 is 0 Å². The molecule has 2 N–H and O–H groups in total. The van der Waals surface area contributed by atoms with Gasteiger partial charge in [-0.05, 0) is 26.0 Å². The number of nitrogens with two attached hydrogens (primary N) is 1. The minimum absolute atomic E-state index is 0.0925. The highest BCUT2D eigenvalue weighted by atomic mass is 32.1. The zero-order chi connectivity index (χ0) is 13.3. The fourth-order valence-corrected chi connectivity index (χ4v) is 2.60. The molecule has 1 aliphatic rings. The summed E-state index contributed by atoms with van der Waals surface area (Å²) >= 11 is 4.95. The zero-order valence-electron chi connectivity index (χ0n) is 10.5. The third-order valence-corrected chi connectivity index (χ3v) is 3.20. The van der Waals surface area contributed by atoms with Gasteiger partial charge in [0, 0.05) is 13.1 Å². The number of anilines is 1. The fourth-order valence-electron chi connectivity index (χ4n) is 2.39. The summed E-state index contributed by atoms with van der Waals surface area (Å²) in [5.41, 5.74) is 6.71. The van der Waals surface area contributed by atoms with Crippen LogP contribution in [-0.4, -0.2) is 30.3 Å². The van der Waals surface area contributed by atoms with Crippen molar-refractivity contribution in [1.29, 1.82) is 0 Å². The summed E-state index contributed by atoms with van der Waals surface area (Å²) in [4.78, 5) is 2.17. The topological polar surface area (TPSA) is 38.5 Å². The first-order valence-electron chi connectivity index (χ1n) is 5.97. The maximum absolute atomic E-state index is 13.8. The number of benzene rings is 1. The Bertz CT molecular complexity index is 456. The smallest absolute Gasteiger partial charge is 0.135 e. The molecule has 1 aliphatic heterocycles. The van der Waals surface area contributed by atoms with Crippen molar-refractivity contribution in [1.82, 2.24) is 0 Å². The molecule has 0 saturated carbocycles. The lowest BCUT2D eigenvalue weighted by molar-refractivity contribution is -0.00524. The first kappa shape index (κ1) is 13.2. The first-order chi connectivity index (χ1) is 8.49. The van der Waals surface area contributed by atoms with E-state index >= 15 is 0 Å². The summed E-state index contributed by atoms with van der Waals surface area (Å²) in [7, 11) is 0. The second-order valence-corrected chi connectivity index (χ2v) is 5.10. The monoisotopic (exact) mass is 268 g/mol. The minimum atomic E-state index is -0.369. The molecule has 5 heteroatoms. The van der Waals surface area contributed by atoms with Crippen LogP contribution in [0.5, 0.6) is 0 Å². The van der Waals surface area contributed by atoms with Gasteiger partial charge in [-0.15, -0.1) is 0 Å². The van der Waals surface area contributed by atoms with Crippen molar-refractivity contribution in [3.63, 3.8) is 0 Å². The average molecular weight is 268 g/mol. The van der Waals surface area contributed by atoms with Gasteiger partial charge in [0.15, 0.2) is 0 Å². The maximum Gasteiger partial charge on any atom is 0.135 e. The van der Waals surface area contributed by atoms with E-state index in [-0.39, 0.29) is 23.0 Å². The molecule has 0 amide bonds. The van der Waals surface area contributed by atoms with Gasteiger partial charge < -0.3 is 15.4 Å². The lowest BCUT2D eigenvalue weighted by Gasteiger charge is -2.37. The van der Waals surface area contributed by atoms with Gasteiger partial charge >= 0.3 is 0 Å². The quantitative estimate of drug-likeness (QED) is 0.833. The SMILES string of the molecule is CC1CN(c2cccc(F)c2C(N)=S)CC(C)O1. The number of thiocarbonyl (C=S) groups is 1. The van der Waals surface area contributed by atoms with Gasteiger partial charge in [-0.1, -0.05) is 18.3 Å². The Hall–Kier alpha value is -1.20. The molecule has 1 aromatic carbocycles. The molecule has 0 spiro atoms. The van der Waals surface area contributed by atoms with E-state index in [0.717, 1.165) is 5.69 Å². The number of halogens is 1. The summed E-state index contributed by atoms with van der Waals surface area (Å²) in [6, 6.07) is 4.91. The van der Waals surface area contributed by atoms with Gasteiger partial charge in [-0.2, -0.15) is 0 Å². The number of rotatable bonds is 2. The minimum Gasteiger partial charge on any atom is -0.389 e. The van der Waals surface area contributed by atoms with E-state index in [9.17, 15) is 4.39 Å². The zero-order valence-corrected chi connectivity index (χ0v) is 11.3. The van der Waals surface area contributed by atoms with Crippen LogP contribution in [0, 0.1) is 5.82 Å². The van der Waals surface area contributed by atoms with Gasteiger partial charge in [-0.3, -0.25) is 0 Å². The summed E-state index contributed by atoms with van der Waals surface area (Å²) in [6.45, 7) is 5.43. The number of hydrogen-bond acceptors (Lipinski definition) is 3. The molecule has 3 nitrogen and oxygen atoms in total. The molecule has 0 radical (unpaired) electrons. The molecule has 98 valence electrons. The average Bonchev–Trinajstić information content (AvgIpc) is 2.26. The van der Waals surface area contributed by atoms with E-state index in [1.165, 1.54) is 6.07 Å². The van der Waals surface area contributed by atoms with E-state index in [1.54, 1.807) is 6.07 Å². The molecule has 1 heterocycles.